The number of anilines is 1. The molecule has 2 aromatic rings. The first-order chi connectivity index (χ1) is 13.1. The minimum Gasteiger partial charge on any atom is -0.326 e. The number of carbonyl (C=O) groups excluding carboxylic acids is 1. The number of likely N-dealkylation sites (N-methyl/N-ethyl adjacent to an activating group) is 1. The van der Waals surface area contributed by atoms with E-state index in [1.165, 1.54) is 0 Å². The van der Waals surface area contributed by atoms with E-state index in [1.54, 1.807) is 24.3 Å². The number of hydrogen-bond acceptors (Lipinski definition) is 4. The molecule has 1 aliphatic heterocycles. The number of hydrogen-bond donors (Lipinski definition) is 2. The van der Waals surface area contributed by atoms with Gasteiger partial charge in [0.2, 0.25) is 0 Å². The zero-order valence-electron chi connectivity index (χ0n) is 16.3. The second-order valence-electron chi connectivity index (χ2n) is 7.52. The lowest BCUT2D eigenvalue weighted by Crippen LogP contribution is -3.08. The highest BCUT2D eigenvalue weighted by Gasteiger charge is 2.31. The van der Waals surface area contributed by atoms with Gasteiger partial charge in [-0.3, -0.25) is 9.48 Å². The van der Waals surface area contributed by atoms with Crippen molar-refractivity contribution in [1.29, 1.82) is 0 Å². The van der Waals surface area contributed by atoms with Crippen molar-refractivity contribution in [3.05, 3.63) is 46.2 Å². The molecule has 152 valence electrons. The summed E-state index contributed by atoms with van der Waals surface area (Å²) in [5, 5.41) is 8.08. The predicted molar refractivity (Wildman–Crippen MR) is 110 cm³/mol. The second-order valence-corrected chi connectivity index (χ2v) is 10.2. The quantitative estimate of drug-likeness (QED) is 0.727. The maximum atomic E-state index is 12.3. The number of nitrogens with one attached hydrogen (secondary N) is 2. The third-order valence-electron chi connectivity index (χ3n) is 5.10. The highest BCUT2D eigenvalue weighted by Crippen LogP contribution is 2.26. The summed E-state index contributed by atoms with van der Waals surface area (Å²) in [4.78, 5) is 13.3. The van der Waals surface area contributed by atoms with Crippen LogP contribution in [0.4, 0.5) is 5.69 Å². The summed E-state index contributed by atoms with van der Waals surface area (Å²) in [6.45, 7) is 4.86. The van der Waals surface area contributed by atoms with E-state index >= 15 is 0 Å². The van der Waals surface area contributed by atoms with Crippen molar-refractivity contribution in [2.24, 2.45) is 0 Å². The number of nitrogens with zero attached hydrogens (tertiary/aromatic N) is 2. The van der Waals surface area contributed by atoms with Crippen LogP contribution in [-0.2, 0) is 21.2 Å². The fourth-order valence-corrected chi connectivity index (χ4v) is 5.47. The number of aryl methyl sites for hydroxylation is 1. The fourth-order valence-electron chi connectivity index (χ4n) is 3.65. The molecule has 1 unspecified atom stereocenters. The van der Waals surface area contributed by atoms with E-state index in [0.717, 1.165) is 21.9 Å². The van der Waals surface area contributed by atoms with Gasteiger partial charge in [-0.2, -0.15) is 5.10 Å². The maximum Gasteiger partial charge on any atom is 0.279 e. The van der Waals surface area contributed by atoms with Crippen LogP contribution < -0.4 is 10.2 Å². The number of aromatic nitrogens is 2. The van der Waals surface area contributed by atoms with Crippen molar-refractivity contribution >= 4 is 33.0 Å². The Labute approximate surface area is 170 Å². The molecular formula is C19H26ClN4O3S+. The molecule has 2 heterocycles. The van der Waals surface area contributed by atoms with Gasteiger partial charge in [0.05, 0.1) is 35.9 Å². The molecule has 2 atom stereocenters. The first-order valence-corrected chi connectivity index (χ1v) is 11.5. The Kier molecular flexibility index (Phi) is 6.12. The van der Waals surface area contributed by atoms with E-state index in [9.17, 15) is 13.2 Å². The average molecular weight is 426 g/mol. The third-order valence-corrected chi connectivity index (χ3v) is 7.10. The van der Waals surface area contributed by atoms with E-state index in [0.29, 0.717) is 30.2 Å². The first kappa shape index (κ1) is 20.8. The SMILES string of the molecule is Cc1nn([C@@H]2CCS(=O)(=O)C2)c(C)c1C[NH+](C)CC(=O)Nc1ccc(Cl)cc1. The standard InChI is InChI=1S/C19H25ClN4O3S/c1-13-18(14(2)24(22-13)17-8-9-28(26,27)12-17)10-23(3)11-19(25)21-16-6-4-15(20)5-7-16/h4-7,17H,8-12H2,1-3H3,(H,21,25)/p+1/t17-/m1/s1. The topological polar surface area (TPSA) is 85.5 Å². The molecule has 1 amide bonds. The summed E-state index contributed by atoms with van der Waals surface area (Å²) >= 11 is 5.86. The summed E-state index contributed by atoms with van der Waals surface area (Å²) in [6.07, 6.45) is 0.607. The van der Waals surface area contributed by atoms with Crippen LogP contribution in [0, 0.1) is 13.8 Å². The molecule has 1 aromatic heterocycles. The molecule has 0 aliphatic carbocycles. The van der Waals surface area contributed by atoms with Crippen molar-refractivity contribution in [2.45, 2.75) is 32.9 Å². The van der Waals surface area contributed by atoms with Gasteiger partial charge in [0.25, 0.3) is 5.91 Å². The summed E-state index contributed by atoms with van der Waals surface area (Å²) in [5.41, 5.74) is 3.65. The van der Waals surface area contributed by atoms with Crippen molar-refractivity contribution < 1.29 is 18.1 Å². The van der Waals surface area contributed by atoms with E-state index in [1.807, 2.05) is 25.6 Å². The van der Waals surface area contributed by atoms with Gasteiger partial charge in [-0.1, -0.05) is 11.6 Å². The highest BCUT2D eigenvalue weighted by atomic mass is 35.5. The number of carbonyl (C=O) groups is 1. The van der Waals surface area contributed by atoms with Gasteiger partial charge in [-0.05, 0) is 44.5 Å². The Morgan fingerprint density at radius 1 is 1.32 bits per heavy atom. The molecule has 3 rings (SSSR count). The van der Waals surface area contributed by atoms with Crippen molar-refractivity contribution in [3.63, 3.8) is 0 Å². The van der Waals surface area contributed by atoms with Crippen molar-refractivity contribution in [3.8, 4) is 0 Å². The van der Waals surface area contributed by atoms with Crippen molar-refractivity contribution in [2.75, 3.05) is 30.4 Å². The van der Waals surface area contributed by atoms with Gasteiger partial charge in [0.1, 0.15) is 6.54 Å². The molecule has 1 saturated heterocycles. The fraction of sp³-hybridized carbons (Fsp3) is 0.474. The Hall–Kier alpha value is -1.90. The zero-order chi connectivity index (χ0) is 20.5. The Morgan fingerprint density at radius 3 is 2.61 bits per heavy atom. The minimum atomic E-state index is -2.96. The molecule has 0 radical (unpaired) electrons. The van der Waals surface area contributed by atoms with Gasteiger partial charge >= 0.3 is 0 Å². The lowest BCUT2D eigenvalue weighted by atomic mass is 10.1. The predicted octanol–water partition coefficient (Wildman–Crippen LogP) is 1.17. The monoisotopic (exact) mass is 425 g/mol. The van der Waals surface area contributed by atoms with Crippen LogP contribution in [0.5, 0.6) is 0 Å². The van der Waals surface area contributed by atoms with Crippen LogP contribution in [0.25, 0.3) is 0 Å². The van der Waals surface area contributed by atoms with Gasteiger partial charge in [0.15, 0.2) is 16.4 Å². The second kappa shape index (κ2) is 8.23. The van der Waals surface area contributed by atoms with Crippen LogP contribution in [0.2, 0.25) is 5.02 Å². The number of quaternary nitrogens is 1. The van der Waals surface area contributed by atoms with Gasteiger partial charge in [-0.15, -0.1) is 0 Å². The van der Waals surface area contributed by atoms with Gasteiger partial charge < -0.3 is 10.2 Å². The van der Waals surface area contributed by atoms with Crippen molar-refractivity contribution in [1.82, 2.24) is 9.78 Å². The number of amides is 1. The Morgan fingerprint density at radius 2 is 2.00 bits per heavy atom. The smallest absolute Gasteiger partial charge is 0.279 e. The third kappa shape index (κ3) is 4.92. The normalized spacial score (nSPS) is 19.5. The average Bonchev–Trinajstić information content (AvgIpc) is 3.10. The molecule has 1 aromatic carbocycles. The largest absolute Gasteiger partial charge is 0.326 e. The number of benzene rings is 1. The molecule has 9 heteroatoms. The van der Waals surface area contributed by atoms with Gasteiger partial charge in [-0.25, -0.2) is 8.42 Å². The van der Waals surface area contributed by atoms with Crippen LogP contribution >= 0.6 is 11.6 Å². The van der Waals surface area contributed by atoms with E-state index in [-0.39, 0.29) is 23.5 Å². The number of halogens is 1. The summed E-state index contributed by atoms with van der Waals surface area (Å²) in [5.74, 6) is 0.298. The molecular weight excluding hydrogens is 400 g/mol. The van der Waals surface area contributed by atoms with E-state index in [4.69, 9.17) is 11.6 Å². The van der Waals surface area contributed by atoms with Crippen LogP contribution in [0.1, 0.15) is 29.4 Å². The summed E-state index contributed by atoms with van der Waals surface area (Å²) < 4.78 is 25.4. The molecule has 2 N–H and O–H groups in total. The summed E-state index contributed by atoms with van der Waals surface area (Å²) in [6, 6.07) is 6.91. The number of sulfone groups is 1. The molecule has 1 aliphatic rings. The Bertz CT molecular complexity index is 970. The zero-order valence-corrected chi connectivity index (χ0v) is 17.9. The van der Waals surface area contributed by atoms with Crippen LogP contribution in [0.3, 0.4) is 0 Å². The molecule has 0 bridgehead atoms. The first-order valence-electron chi connectivity index (χ1n) is 9.26. The molecule has 1 fully saturated rings. The number of rotatable bonds is 6. The molecule has 0 saturated carbocycles. The Balaban J connectivity index is 1.63. The van der Waals surface area contributed by atoms with Crippen LogP contribution in [-0.4, -0.2) is 49.2 Å². The minimum absolute atomic E-state index is 0.0793. The van der Waals surface area contributed by atoms with E-state index in [2.05, 4.69) is 10.4 Å². The van der Waals surface area contributed by atoms with E-state index < -0.39 is 9.84 Å². The maximum absolute atomic E-state index is 12.3. The molecule has 0 spiro atoms. The van der Waals surface area contributed by atoms with Gasteiger partial charge in [0, 0.05) is 16.4 Å². The summed E-state index contributed by atoms with van der Waals surface area (Å²) in [7, 11) is -1.01. The highest BCUT2D eigenvalue weighted by molar-refractivity contribution is 7.91. The lowest BCUT2D eigenvalue weighted by Gasteiger charge is -2.15. The van der Waals surface area contributed by atoms with Crippen LogP contribution in [0.15, 0.2) is 24.3 Å². The molecule has 28 heavy (non-hydrogen) atoms. The molecule has 7 nitrogen and oxygen atoms in total. The lowest BCUT2D eigenvalue weighted by molar-refractivity contribution is -0.885.